The molecule has 0 unspecified atom stereocenters. The Balaban J connectivity index is 1.76. The van der Waals surface area contributed by atoms with E-state index in [1.807, 2.05) is 0 Å². The highest BCUT2D eigenvalue weighted by atomic mass is 15.2. The van der Waals surface area contributed by atoms with Crippen molar-refractivity contribution in [3.63, 3.8) is 0 Å². The Labute approximate surface area is 146 Å². The molecular weight excluding hydrogens is 290 g/mol. The summed E-state index contributed by atoms with van der Waals surface area (Å²) in [7, 11) is 0. The third-order valence-electron chi connectivity index (χ3n) is 6.75. The van der Waals surface area contributed by atoms with Gasteiger partial charge in [-0.1, -0.05) is 51.1 Å². The van der Waals surface area contributed by atoms with Gasteiger partial charge in [-0.05, 0) is 66.0 Å². The lowest BCUT2D eigenvalue weighted by Crippen LogP contribution is -2.30. The van der Waals surface area contributed by atoms with Crippen LogP contribution < -0.4 is 4.90 Å². The maximum Gasteiger partial charge on any atom is 0.0411 e. The van der Waals surface area contributed by atoms with Gasteiger partial charge in [-0.15, -0.1) is 0 Å². The van der Waals surface area contributed by atoms with Crippen LogP contribution in [0, 0.1) is 5.92 Å². The lowest BCUT2D eigenvalue weighted by Gasteiger charge is -2.24. The lowest BCUT2D eigenvalue weighted by molar-refractivity contribution is 0.532. The fourth-order valence-electron chi connectivity index (χ4n) is 4.78. The Morgan fingerprint density at radius 3 is 2.33 bits per heavy atom. The molecule has 0 fully saturated rings. The molecule has 2 aromatic carbocycles. The molecule has 0 saturated heterocycles. The zero-order valence-electron chi connectivity index (χ0n) is 15.6. The van der Waals surface area contributed by atoms with Crippen LogP contribution in [0.25, 0.3) is 11.1 Å². The zero-order valence-corrected chi connectivity index (χ0v) is 15.6. The molecule has 4 rings (SSSR count). The third-order valence-corrected chi connectivity index (χ3v) is 6.75. The first-order valence-electron chi connectivity index (χ1n) is 9.55. The van der Waals surface area contributed by atoms with Crippen molar-refractivity contribution in [2.24, 2.45) is 5.92 Å². The second kappa shape index (κ2) is 5.65. The van der Waals surface area contributed by atoms with Gasteiger partial charge in [-0.3, -0.25) is 0 Å². The number of hydrogen-bond acceptors (Lipinski definition) is 1. The predicted molar refractivity (Wildman–Crippen MR) is 104 cm³/mol. The van der Waals surface area contributed by atoms with Crippen molar-refractivity contribution in [3.05, 3.63) is 53.1 Å². The van der Waals surface area contributed by atoms with Gasteiger partial charge in [0.2, 0.25) is 0 Å². The van der Waals surface area contributed by atoms with E-state index >= 15 is 0 Å². The minimum Gasteiger partial charge on any atom is -0.368 e. The van der Waals surface area contributed by atoms with Crippen LogP contribution >= 0.6 is 0 Å². The Bertz CT molecular complexity index is 776. The molecule has 4 atom stereocenters. The van der Waals surface area contributed by atoms with Crippen molar-refractivity contribution in [2.75, 3.05) is 11.4 Å². The number of hydrogen-bond donors (Lipinski definition) is 0. The molecule has 1 aliphatic heterocycles. The van der Waals surface area contributed by atoms with Gasteiger partial charge in [0.15, 0.2) is 0 Å². The number of benzene rings is 2. The van der Waals surface area contributed by atoms with Crippen LogP contribution in [0.1, 0.15) is 63.1 Å². The monoisotopic (exact) mass is 319 g/mol. The van der Waals surface area contributed by atoms with Crippen LogP contribution in [-0.2, 0) is 6.42 Å². The minimum absolute atomic E-state index is 0.598. The Kier molecular flexibility index (Phi) is 3.71. The molecule has 2 aliphatic rings. The van der Waals surface area contributed by atoms with Crippen molar-refractivity contribution >= 4 is 5.69 Å². The molecule has 1 heteroatoms. The van der Waals surface area contributed by atoms with Gasteiger partial charge in [0, 0.05) is 24.2 Å². The standard InChI is InChI=1S/C23H29N/c1-6-24-17(5)16(4)21-10-9-19(13-23(21)24)18-7-8-20-11-14(2)15(3)22(20)12-18/h7-10,12-17H,6,11H2,1-5H3/t14-,15-,16+,17-/m0/s1. The molecule has 0 spiro atoms. The van der Waals surface area contributed by atoms with E-state index in [0.717, 1.165) is 12.5 Å². The van der Waals surface area contributed by atoms with Crippen molar-refractivity contribution in [1.82, 2.24) is 0 Å². The third kappa shape index (κ3) is 2.21. The van der Waals surface area contributed by atoms with Crippen LogP contribution in [0.4, 0.5) is 5.69 Å². The summed E-state index contributed by atoms with van der Waals surface area (Å²) in [5.41, 5.74) is 8.81. The Morgan fingerprint density at radius 2 is 1.58 bits per heavy atom. The van der Waals surface area contributed by atoms with Crippen molar-refractivity contribution in [2.45, 2.75) is 58.9 Å². The maximum absolute atomic E-state index is 2.56. The second-order valence-electron chi connectivity index (χ2n) is 7.97. The van der Waals surface area contributed by atoms with Crippen molar-refractivity contribution < 1.29 is 0 Å². The van der Waals surface area contributed by atoms with E-state index in [1.165, 1.54) is 28.8 Å². The second-order valence-corrected chi connectivity index (χ2v) is 7.97. The maximum atomic E-state index is 2.56. The number of rotatable bonds is 2. The van der Waals surface area contributed by atoms with E-state index in [2.05, 4.69) is 75.9 Å². The van der Waals surface area contributed by atoms with E-state index in [-0.39, 0.29) is 0 Å². The SMILES string of the molecule is CCN1c2cc(-c3ccc4c(c3)[C@@H](C)[C@@H](C)C4)ccc2[C@H](C)[C@@H]1C. The van der Waals surface area contributed by atoms with Gasteiger partial charge in [0.25, 0.3) is 0 Å². The van der Waals surface area contributed by atoms with Crippen molar-refractivity contribution in [3.8, 4) is 11.1 Å². The Hall–Kier alpha value is -1.76. The van der Waals surface area contributed by atoms with Gasteiger partial charge in [0.05, 0.1) is 0 Å². The Morgan fingerprint density at radius 1 is 0.875 bits per heavy atom. The average molecular weight is 319 g/mol. The number of fused-ring (bicyclic) bond motifs is 2. The van der Waals surface area contributed by atoms with Gasteiger partial charge in [-0.25, -0.2) is 0 Å². The zero-order chi connectivity index (χ0) is 17.0. The summed E-state index contributed by atoms with van der Waals surface area (Å²) in [6.45, 7) is 12.8. The molecule has 1 aliphatic carbocycles. The van der Waals surface area contributed by atoms with Crippen LogP contribution in [0.2, 0.25) is 0 Å². The van der Waals surface area contributed by atoms with E-state index in [1.54, 1.807) is 11.1 Å². The topological polar surface area (TPSA) is 3.24 Å². The normalized spacial score (nSPS) is 28.1. The minimum atomic E-state index is 0.598. The summed E-state index contributed by atoms with van der Waals surface area (Å²) in [5.74, 6) is 2.07. The van der Waals surface area contributed by atoms with E-state index in [4.69, 9.17) is 0 Å². The van der Waals surface area contributed by atoms with Gasteiger partial charge < -0.3 is 4.90 Å². The molecule has 0 saturated carbocycles. The molecule has 2 aromatic rings. The summed E-state index contributed by atoms with van der Waals surface area (Å²) >= 11 is 0. The molecule has 1 nitrogen and oxygen atoms in total. The summed E-state index contributed by atoms with van der Waals surface area (Å²) in [5, 5.41) is 0. The smallest absolute Gasteiger partial charge is 0.0411 e. The highest BCUT2D eigenvalue weighted by Gasteiger charge is 2.32. The summed E-state index contributed by atoms with van der Waals surface area (Å²) in [6, 6.07) is 14.8. The van der Waals surface area contributed by atoms with Crippen molar-refractivity contribution in [1.29, 1.82) is 0 Å². The number of likely N-dealkylation sites (N-methyl/N-ethyl adjacent to an activating group) is 1. The summed E-state index contributed by atoms with van der Waals surface area (Å²) in [6.07, 6.45) is 1.24. The average Bonchev–Trinajstić information content (AvgIpc) is 3.01. The van der Waals surface area contributed by atoms with Crippen LogP contribution in [0.3, 0.4) is 0 Å². The molecule has 126 valence electrons. The van der Waals surface area contributed by atoms with Crippen LogP contribution in [0.15, 0.2) is 36.4 Å². The van der Waals surface area contributed by atoms with E-state index in [0.29, 0.717) is 17.9 Å². The molecule has 0 amide bonds. The van der Waals surface area contributed by atoms with Crippen LogP contribution in [-0.4, -0.2) is 12.6 Å². The van der Waals surface area contributed by atoms with Gasteiger partial charge >= 0.3 is 0 Å². The first kappa shape index (κ1) is 15.7. The molecule has 0 N–H and O–H groups in total. The largest absolute Gasteiger partial charge is 0.368 e. The molecule has 0 aromatic heterocycles. The molecule has 0 radical (unpaired) electrons. The first-order valence-corrected chi connectivity index (χ1v) is 9.55. The van der Waals surface area contributed by atoms with E-state index in [9.17, 15) is 0 Å². The first-order chi connectivity index (χ1) is 11.5. The lowest BCUT2D eigenvalue weighted by atomic mass is 9.93. The van der Waals surface area contributed by atoms with E-state index < -0.39 is 0 Å². The molecular formula is C23H29N. The fourth-order valence-corrected chi connectivity index (χ4v) is 4.78. The quantitative estimate of drug-likeness (QED) is 0.658. The van der Waals surface area contributed by atoms with Gasteiger partial charge in [0.1, 0.15) is 0 Å². The molecule has 1 heterocycles. The predicted octanol–water partition coefficient (Wildman–Crippen LogP) is 5.98. The van der Waals surface area contributed by atoms with Crippen LogP contribution in [0.5, 0.6) is 0 Å². The summed E-state index contributed by atoms with van der Waals surface area (Å²) < 4.78 is 0. The molecule has 24 heavy (non-hydrogen) atoms. The van der Waals surface area contributed by atoms with Gasteiger partial charge in [-0.2, -0.15) is 0 Å². The highest BCUT2D eigenvalue weighted by molar-refractivity contribution is 5.74. The molecule has 0 bridgehead atoms. The summed E-state index contributed by atoms with van der Waals surface area (Å²) in [4.78, 5) is 2.56. The highest BCUT2D eigenvalue weighted by Crippen LogP contribution is 2.44. The number of anilines is 1. The fraction of sp³-hybridized carbons (Fsp3) is 0.478. The number of nitrogens with zero attached hydrogens (tertiary/aromatic N) is 1.